The molecule has 21 N–H and O–H groups in total. The Morgan fingerprint density at radius 2 is 1.28 bits per heavy atom. The van der Waals surface area contributed by atoms with Crippen molar-refractivity contribution in [2.75, 3.05) is 20.1 Å². The molecule has 15 bridgehead atoms. The molecule has 6 heterocycles. The number of halogens is 2. The summed E-state index contributed by atoms with van der Waals surface area (Å²) in [4.78, 5) is 122. The number of amides is 8. The van der Waals surface area contributed by atoms with E-state index < -0.39 is 180 Å². The maximum absolute atomic E-state index is 16.4. The Bertz CT molecular complexity index is 4440. The molecule has 6 aliphatic heterocycles. The minimum absolute atomic E-state index is 0.00634. The number of benzene rings is 5. The average Bonchev–Trinajstić information content (AvgIpc) is 1.54. The lowest BCUT2D eigenvalue weighted by Gasteiger charge is -2.54. The highest BCUT2D eigenvalue weighted by molar-refractivity contribution is 6.32. The number of aliphatic hydroxyl groups is 7. The van der Waals surface area contributed by atoms with E-state index >= 15 is 24.0 Å². The number of aliphatic hydroxyl groups excluding tert-OH is 5. The number of nitrogens with two attached hydrogens (primary N) is 2. The van der Waals surface area contributed by atoms with Crippen molar-refractivity contribution < 1.29 is 98.2 Å². The number of nitrogens with one attached hydrogen (secondary N) is 9. The first-order valence-electron chi connectivity index (χ1n) is 38.3. The fourth-order valence-corrected chi connectivity index (χ4v) is 18.0. The van der Waals surface area contributed by atoms with Gasteiger partial charge in [-0.15, -0.1) is 0 Å². The molecule has 0 unspecified atom stereocenters. The Balaban J connectivity index is 1.01. The van der Waals surface area contributed by atoms with E-state index in [4.69, 9.17) is 53.6 Å². The van der Waals surface area contributed by atoms with Crippen LogP contribution in [0.1, 0.15) is 179 Å². The molecule has 0 spiro atoms. The molecule has 0 aromatic heterocycles. The van der Waals surface area contributed by atoms with Crippen LogP contribution in [-0.4, -0.2) is 169 Å². The van der Waals surface area contributed by atoms with Crippen LogP contribution in [0.4, 0.5) is 0 Å². The van der Waals surface area contributed by atoms with Gasteiger partial charge in [0.05, 0.1) is 22.5 Å². The van der Waals surface area contributed by atoms with Gasteiger partial charge < -0.3 is 119 Å². The molecular weight excluding hydrogens is 1490 g/mol. The molecule has 31 nitrogen and oxygen atoms in total. The van der Waals surface area contributed by atoms with Crippen LogP contribution in [0, 0.1) is 29.6 Å². The van der Waals surface area contributed by atoms with Crippen LogP contribution < -0.4 is 73.5 Å². The second-order valence-electron chi connectivity index (χ2n) is 31.3. The van der Waals surface area contributed by atoms with Gasteiger partial charge in [-0.1, -0.05) is 100 Å². The molecule has 14 atom stereocenters. The molecular formula is C79H97Cl2N11O20. The van der Waals surface area contributed by atoms with Crippen molar-refractivity contribution in [2.24, 2.45) is 41.1 Å². The van der Waals surface area contributed by atoms with Gasteiger partial charge in [0.1, 0.15) is 90.1 Å². The highest BCUT2D eigenvalue weighted by atomic mass is 35.5. The van der Waals surface area contributed by atoms with Gasteiger partial charge in [-0.05, 0) is 176 Å². The van der Waals surface area contributed by atoms with E-state index in [1.165, 1.54) is 67.7 Å². The molecule has 4 saturated carbocycles. The number of phenolic OH excluding ortho intramolecular Hbond substituents is 1. The number of ether oxygens (including phenoxy) is 4. The van der Waals surface area contributed by atoms with Crippen LogP contribution in [0.15, 0.2) is 72.8 Å². The summed E-state index contributed by atoms with van der Waals surface area (Å²) in [5.41, 5.74) is 10.2. The van der Waals surface area contributed by atoms with E-state index in [1.807, 2.05) is 13.8 Å². The Labute approximate surface area is 655 Å². The number of phenols is 1. The normalized spacial score (nSPS) is 29.2. The molecule has 5 aromatic carbocycles. The zero-order chi connectivity index (χ0) is 80.0. The predicted octanol–water partition coefficient (Wildman–Crippen LogP) is 3.23. The van der Waals surface area contributed by atoms with Gasteiger partial charge in [0.25, 0.3) is 0 Å². The number of carbonyl (C=O) groups is 8. The Morgan fingerprint density at radius 3 is 1.89 bits per heavy atom. The molecule has 33 heteroatoms. The number of likely N-dealkylation sites (N-methyl/N-ethyl adjacent to an activating group) is 1. The van der Waals surface area contributed by atoms with Gasteiger partial charge >= 0.3 is 0 Å². The third-order valence-corrected chi connectivity index (χ3v) is 23.7. The van der Waals surface area contributed by atoms with Crippen molar-refractivity contribution in [1.29, 1.82) is 0 Å². The average molecular weight is 1590 g/mol. The first-order chi connectivity index (χ1) is 53.4. The quantitative estimate of drug-likeness (QED) is 0.0370. The number of fused-ring (bicyclic) bond motifs is 12. The summed E-state index contributed by atoms with van der Waals surface area (Å²) in [5.74, 6) is -13.9. The molecule has 5 fully saturated rings. The van der Waals surface area contributed by atoms with E-state index in [-0.39, 0.29) is 108 Å². The molecule has 1 saturated heterocycles. The lowest BCUT2D eigenvalue weighted by Crippen LogP contribution is -2.60. The van der Waals surface area contributed by atoms with Crippen molar-refractivity contribution in [2.45, 2.75) is 208 Å². The second kappa shape index (κ2) is 33.7. The van der Waals surface area contributed by atoms with Crippen LogP contribution in [0.3, 0.4) is 0 Å². The van der Waals surface area contributed by atoms with E-state index in [9.17, 15) is 55.2 Å². The summed E-state index contributed by atoms with van der Waals surface area (Å²) >= 11 is 14.3. The van der Waals surface area contributed by atoms with Crippen LogP contribution in [0.2, 0.25) is 10.0 Å². The number of hydrogen-bond acceptors (Lipinski definition) is 23. The van der Waals surface area contributed by atoms with Gasteiger partial charge in [0, 0.05) is 35.8 Å². The third kappa shape index (κ3) is 16.5. The molecule has 8 amide bonds. The first-order valence-corrected chi connectivity index (χ1v) is 39.0. The van der Waals surface area contributed by atoms with E-state index in [1.54, 1.807) is 0 Å². The van der Waals surface area contributed by atoms with Crippen molar-refractivity contribution in [1.82, 2.24) is 47.9 Å². The van der Waals surface area contributed by atoms with Gasteiger partial charge in [-0.25, -0.2) is 0 Å². The summed E-state index contributed by atoms with van der Waals surface area (Å²) in [6, 6.07) is 0.826. The molecule has 11 aliphatic rings. The van der Waals surface area contributed by atoms with Gasteiger partial charge in [-0.3, -0.25) is 38.4 Å². The predicted molar refractivity (Wildman–Crippen MR) is 403 cm³/mol. The van der Waals surface area contributed by atoms with E-state index in [0.717, 1.165) is 82.8 Å². The van der Waals surface area contributed by atoms with Crippen molar-refractivity contribution in [3.63, 3.8) is 0 Å². The Hall–Kier alpha value is -8.80. The molecule has 5 aromatic rings. The van der Waals surface area contributed by atoms with Gasteiger partial charge in [0.15, 0.2) is 11.5 Å². The number of rotatable bonds is 21. The summed E-state index contributed by atoms with van der Waals surface area (Å²) in [6.45, 7) is 5.67. The Morgan fingerprint density at radius 1 is 0.670 bits per heavy atom. The first kappa shape index (κ1) is 81.2. The summed E-state index contributed by atoms with van der Waals surface area (Å²) < 4.78 is 25.6. The third-order valence-electron chi connectivity index (χ3n) is 23.1. The fraction of sp³-hybridized carbons (Fsp3) is 0.519. The topological polar surface area (TPSA) is 496 Å². The zero-order valence-electron chi connectivity index (χ0n) is 62.2. The number of carbonyl (C=O) groups excluding carboxylic acids is 8. The summed E-state index contributed by atoms with van der Waals surface area (Å²) in [5, 5.41) is 122. The van der Waals surface area contributed by atoms with E-state index in [2.05, 4.69) is 54.8 Å². The van der Waals surface area contributed by atoms with Crippen LogP contribution in [-0.2, 0) is 55.4 Å². The Kier molecular flexibility index (Phi) is 24.4. The van der Waals surface area contributed by atoms with Crippen molar-refractivity contribution in [3.05, 3.63) is 127 Å². The molecule has 0 radical (unpaired) electrons. The minimum atomic E-state index is -2.99. The van der Waals surface area contributed by atoms with Gasteiger partial charge in [-0.2, -0.15) is 0 Å². The minimum Gasteiger partial charge on any atom is -0.508 e. The van der Waals surface area contributed by atoms with Crippen LogP contribution >= 0.6 is 23.2 Å². The summed E-state index contributed by atoms with van der Waals surface area (Å²) in [6.07, 6.45) is -3.84. The second-order valence-corrected chi connectivity index (χ2v) is 32.1. The molecule has 112 heavy (non-hydrogen) atoms. The highest BCUT2D eigenvalue weighted by Gasteiger charge is 2.53. The monoisotopic (exact) mass is 1590 g/mol. The molecule has 5 aliphatic carbocycles. The SMILES string of the molecule is CCCCCCCCNCc1c(O)cc2c3c1C(O)(O)c1ccc(cc1-3)[C@H]1NC(=O)[C@@H]3NC(=O)[C@H](CC(N)=O)NC(=O)[C@H](NC(=O)[C@@H](CC(C)C)NC)[C@H](O)c4ccc(c(Cl)c4)Oc4cc3cc(c4O[C@@H]3O[C@H](CN)[C@@H](O)[C@H](O)[C@H]3O)Oc3ccc(cc3Cl)[C@@H](O)[C@H](NC1=O)C(=O)N[C@@H]2C(=O)NC1C2CC3CC(C2)CC1C3. The number of primary amides is 1. The van der Waals surface area contributed by atoms with Crippen LogP contribution in [0.5, 0.6) is 34.5 Å². The highest BCUT2D eigenvalue weighted by Crippen LogP contribution is 2.56. The number of unbranched alkanes of at least 4 members (excludes halogenated alkanes) is 5. The number of hydrogen-bond donors (Lipinski definition) is 19. The lowest BCUT2D eigenvalue weighted by atomic mass is 9.54. The smallest absolute Gasteiger partial charge is 0.248 e. The summed E-state index contributed by atoms with van der Waals surface area (Å²) in [7, 11) is 1.50. The largest absolute Gasteiger partial charge is 0.508 e. The standard InChI is InChI=1S/C79H97Cl2N11O20/c1-5-6-7-8-9-10-17-85-32-44-50(93)29-43-57-42-24-36(11-14-45(42)79(107,108)58(44)57)60-73(102)92-64(77(106)90-62(43)75(104)87-59-39-20-34-19-35(22-39)23-40(59)21-34)66(96)38-13-16-52(47(81)26-38)110-54-28-41-27-53(70(54)112-78-69(99)68(98)67(97)55(31-82)111-78)109-51-15-12-37(25-46(51)80)65(95)63(91-71(100)48(84-4)18-33(2)3)76(105)86-49(30-56(83)94)72(101)88-61(41)74(103)89-60/h11-16,24-29,33-35,39-40,48-49,55,59-69,78,84-85,93,95-99,107-108H,5-10,17-23,30-32,82H2,1-4H3,(H2,83,94)(H,86,105)(H,87,104)(H,88,101)(H,89,103)(H,90,106)(H,91,100)(H,92,102)/t34?,35?,39?,40?,48-,49+,55-,59?,60-,61-,62+,63-,64+,65-,66-,67-,68+,69-,78+/m1/s1. The maximum atomic E-state index is 16.4. The fourth-order valence-electron chi connectivity index (χ4n) is 17.5. The van der Waals surface area contributed by atoms with Gasteiger partial charge in [0.2, 0.25) is 65.1 Å². The number of aromatic hydroxyl groups is 1. The lowest BCUT2D eigenvalue weighted by molar-refractivity contribution is -0.270. The molecule has 16 rings (SSSR count). The van der Waals surface area contributed by atoms with Crippen molar-refractivity contribution >= 4 is 70.5 Å². The zero-order valence-corrected chi connectivity index (χ0v) is 63.7. The van der Waals surface area contributed by atoms with Crippen molar-refractivity contribution in [3.8, 4) is 45.6 Å². The van der Waals surface area contributed by atoms with Crippen LogP contribution in [0.25, 0.3) is 11.1 Å². The molecule has 602 valence electrons. The maximum Gasteiger partial charge on any atom is 0.248 e. The van der Waals surface area contributed by atoms with E-state index in [0.29, 0.717) is 18.4 Å².